The number of carbonyl (C=O) groups is 1. The predicted octanol–water partition coefficient (Wildman–Crippen LogP) is 3.65. The fourth-order valence-electron chi connectivity index (χ4n) is 3.14. The Labute approximate surface area is 121 Å². The van der Waals surface area contributed by atoms with Gasteiger partial charge in [0, 0.05) is 11.6 Å². The van der Waals surface area contributed by atoms with Crippen molar-refractivity contribution in [2.75, 3.05) is 0 Å². The first-order valence-corrected chi connectivity index (χ1v) is 7.59. The Morgan fingerprint density at radius 3 is 2.65 bits per heavy atom. The summed E-state index contributed by atoms with van der Waals surface area (Å²) < 4.78 is 0. The average molecular weight is 275 g/mol. The Hall–Kier alpha value is -1.51. The van der Waals surface area contributed by atoms with E-state index in [4.69, 9.17) is 0 Å². The maximum absolute atomic E-state index is 12.3. The number of hydrogen-bond acceptors (Lipinski definition) is 2. The van der Waals surface area contributed by atoms with Crippen LogP contribution in [0.4, 0.5) is 0 Å². The van der Waals surface area contributed by atoms with Crippen molar-refractivity contribution in [3.8, 4) is 5.75 Å². The van der Waals surface area contributed by atoms with Gasteiger partial charge in [-0.15, -0.1) is 0 Å². The smallest absolute Gasteiger partial charge is 0.251 e. The molecule has 0 radical (unpaired) electrons. The van der Waals surface area contributed by atoms with Gasteiger partial charge in [0.1, 0.15) is 5.75 Å². The molecule has 2 rings (SSSR count). The molecule has 0 aromatic heterocycles. The lowest BCUT2D eigenvalue weighted by Crippen LogP contribution is -2.43. The van der Waals surface area contributed by atoms with E-state index in [1.807, 2.05) is 6.92 Å². The highest BCUT2D eigenvalue weighted by Crippen LogP contribution is 2.30. The molecule has 1 aliphatic carbocycles. The number of rotatable bonds is 3. The molecule has 1 fully saturated rings. The van der Waals surface area contributed by atoms with E-state index in [0.29, 0.717) is 17.4 Å². The molecular formula is C17H25NO2. The van der Waals surface area contributed by atoms with Crippen LogP contribution < -0.4 is 5.32 Å². The van der Waals surface area contributed by atoms with Gasteiger partial charge in [0.2, 0.25) is 0 Å². The molecule has 0 saturated heterocycles. The highest BCUT2D eigenvalue weighted by molar-refractivity contribution is 5.94. The Balaban J connectivity index is 2.07. The second-order valence-electron chi connectivity index (χ2n) is 6.27. The van der Waals surface area contributed by atoms with Gasteiger partial charge in [0.05, 0.1) is 0 Å². The van der Waals surface area contributed by atoms with Gasteiger partial charge in [0.15, 0.2) is 0 Å². The SMILES string of the molecule is Cc1ccc(C(=O)NC2CCCCC2C(C)C)cc1O. The minimum Gasteiger partial charge on any atom is -0.508 e. The first kappa shape index (κ1) is 14.9. The summed E-state index contributed by atoms with van der Waals surface area (Å²) in [6.07, 6.45) is 4.71. The van der Waals surface area contributed by atoms with Crippen molar-refractivity contribution in [3.63, 3.8) is 0 Å². The molecule has 110 valence electrons. The number of amides is 1. The fraction of sp³-hybridized carbons (Fsp3) is 0.588. The summed E-state index contributed by atoms with van der Waals surface area (Å²) in [6.45, 7) is 6.28. The summed E-state index contributed by atoms with van der Waals surface area (Å²) in [7, 11) is 0. The third kappa shape index (κ3) is 3.33. The second kappa shape index (κ2) is 6.29. The van der Waals surface area contributed by atoms with E-state index in [1.165, 1.54) is 19.3 Å². The monoisotopic (exact) mass is 275 g/mol. The topological polar surface area (TPSA) is 49.3 Å². The van der Waals surface area contributed by atoms with E-state index in [-0.39, 0.29) is 17.7 Å². The van der Waals surface area contributed by atoms with E-state index < -0.39 is 0 Å². The molecule has 1 aromatic carbocycles. The number of aromatic hydroxyl groups is 1. The highest BCUT2D eigenvalue weighted by atomic mass is 16.3. The lowest BCUT2D eigenvalue weighted by molar-refractivity contribution is 0.0888. The van der Waals surface area contributed by atoms with Crippen molar-refractivity contribution in [2.24, 2.45) is 11.8 Å². The van der Waals surface area contributed by atoms with E-state index in [2.05, 4.69) is 19.2 Å². The molecule has 3 nitrogen and oxygen atoms in total. The minimum atomic E-state index is -0.0714. The highest BCUT2D eigenvalue weighted by Gasteiger charge is 2.28. The zero-order chi connectivity index (χ0) is 14.7. The van der Waals surface area contributed by atoms with Crippen molar-refractivity contribution in [1.82, 2.24) is 5.32 Å². The maximum Gasteiger partial charge on any atom is 0.251 e. The van der Waals surface area contributed by atoms with Gasteiger partial charge in [-0.05, 0) is 49.3 Å². The van der Waals surface area contributed by atoms with E-state index >= 15 is 0 Å². The number of hydrogen-bond donors (Lipinski definition) is 2. The van der Waals surface area contributed by atoms with Crippen molar-refractivity contribution < 1.29 is 9.90 Å². The largest absolute Gasteiger partial charge is 0.508 e. The molecular weight excluding hydrogens is 250 g/mol. The van der Waals surface area contributed by atoms with E-state index in [1.54, 1.807) is 18.2 Å². The first-order valence-electron chi connectivity index (χ1n) is 7.59. The lowest BCUT2D eigenvalue weighted by atomic mass is 9.78. The van der Waals surface area contributed by atoms with Gasteiger partial charge in [-0.1, -0.05) is 32.8 Å². The molecule has 0 bridgehead atoms. The summed E-state index contributed by atoms with van der Waals surface area (Å²) in [6, 6.07) is 5.38. The van der Waals surface area contributed by atoms with Crippen molar-refractivity contribution in [2.45, 2.75) is 52.5 Å². The molecule has 0 spiro atoms. The van der Waals surface area contributed by atoms with Crippen LogP contribution in [0.25, 0.3) is 0 Å². The number of carbonyl (C=O) groups excluding carboxylic acids is 1. The maximum atomic E-state index is 12.3. The molecule has 1 amide bonds. The number of phenols is 1. The molecule has 1 aromatic rings. The number of nitrogens with one attached hydrogen (secondary N) is 1. The standard InChI is InChI=1S/C17H25NO2/c1-11(2)14-6-4-5-7-15(14)18-17(20)13-9-8-12(3)16(19)10-13/h8-11,14-15,19H,4-7H2,1-3H3,(H,18,20). The third-order valence-corrected chi connectivity index (χ3v) is 4.46. The first-order chi connectivity index (χ1) is 9.49. The number of phenolic OH excluding ortho intramolecular Hbond substituents is 1. The molecule has 1 saturated carbocycles. The van der Waals surface area contributed by atoms with Crippen LogP contribution in [0.2, 0.25) is 0 Å². The van der Waals surface area contributed by atoms with Crippen LogP contribution in [0.15, 0.2) is 18.2 Å². The molecule has 2 N–H and O–H groups in total. The van der Waals surface area contributed by atoms with Crippen LogP contribution in [0.3, 0.4) is 0 Å². The Morgan fingerprint density at radius 2 is 2.00 bits per heavy atom. The quantitative estimate of drug-likeness (QED) is 0.884. The van der Waals surface area contributed by atoms with Gasteiger partial charge >= 0.3 is 0 Å². The van der Waals surface area contributed by atoms with Crippen LogP contribution in [-0.4, -0.2) is 17.1 Å². The van der Waals surface area contributed by atoms with Gasteiger partial charge < -0.3 is 10.4 Å². The van der Waals surface area contributed by atoms with Crippen molar-refractivity contribution in [1.29, 1.82) is 0 Å². The summed E-state index contributed by atoms with van der Waals surface area (Å²) in [5.74, 6) is 1.26. The van der Waals surface area contributed by atoms with Gasteiger partial charge in [0.25, 0.3) is 5.91 Å². The van der Waals surface area contributed by atoms with Crippen LogP contribution in [0.1, 0.15) is 55.5 Å². The summed E-state index contributed by atoms with van der Waals surface area (Å²) in [5.41, 5.74) is 1.33. The summed E-state index contributed by atoms with van der Waals surface area (Å²) in [5, 5.41) is 12.9. The Morgan fingerprint density at radius 1 is 1.30 bits per heavy atom. The third-order valence-electron chi connectivity index (χ3n) is 4.46. The molecule has 2 atom stereocenters. The van der Waals surface area contributed by atoms with Crippen LogP contribution in [0, 0.1) is 18.8 Å². The van der Waals surface area contributed by atoms with Crippen LogP contribution >= 0.6 is 0 Å². The molecule has 2 unspecified atom stereocenters. The summed E-state index contributed by atoms with van der Waals surface area (Å²) in [4.78, 5) is 12.3. The minimum absolute atomic E-state index is 0.0714. The normalized spacial score (nSPS) is 22.8. The molecule has 0 aliphatic heterocycles. The zero-order valence-corrected chi connectivity index (χ0v) is 12.6. The summed E-state index contributed by atoms with van der Waals surface area (Å²) >= 11 is 0. The zero-order valence-electron chi connectivity index (χ0n) is 12.6. The predicted molar refractivity (Wildman–Crippen MR) is 80.9 cm³/mol. The van der Waals surface area contributed by atoms with Crippen molar-refractivity contribution in [3.05, 3.63) is 29.3 Å². The lowest BCUT2D eigenvalue weighted by Gasteiger charge is -2.34. The fourth-order valence-corrected chi connectivity index (χ4v) is 3.14. The van der Waals surface area contributed by atoms with Crippen molar-refractivity contribution >= 4 is 5.91 Å². The van der Waals surface area contributed by atoms with Crippen LogP contribution in [-0.2, 0) is 0 Å². The van der Waals surface area contributed by atoms with Crippen LogP contribution in [0.5, 0.6) is 5.75 Å². The van der Waals surface area contributed by atoms with E-state index in [0.717, 1.165) is 12.0 Å². The Bertz CT molecular complexity index is 482. The molecule has 3 heteroatoms. The van der Waals surface area contributed by atoms with Gasteiger partial charge in [-0.25, -0.2) is 0 Å². The average Bonchev–Trinajstić information content (AvgIpc) is 2.42. The van der Waals surface area contributed by atoms with Gasteiger partial charge in [-0.3, -0.25) is 4.79 Å². The molecule has 0 heterocycles. The molecule has 1 aliphatic rings. The molecule has 20 heavy (non-hydrogen) atoms. The Kier molecular flexibility index (Phi) is 4.69. The second-order valence-corrected chi connectivity index (χ2v) is 6.27. The van der Waals surface area contributed by atoms with E-state index in [9.17, 15) is 9.90 Å². The number of benzene rings is 1. The van der Waals surface area contributed by atoms with Gasteiger partial charge in [-0.2, -0.15) is 0 Å². The number of aryl methyl sites for hydroxylation is 1.